The number of H-pyrrole nitrogens is 1. The van der Waals surface area contributed by atoms with Crippen molar-refractivity contribution in [3.8, 4) is 5.69 Å². The molecular weight excluding hydrogens is 218 g/mol. The largest absolute Gasteiger partial charge is 0.411 e. The lowest BCUT2D eigenvalue weighted by atomic mass is 10.2. The predicted octanol–water partition coefficient (Wildman–Crippen LogP) is 1.67. The van der Waals surface area contributed by atoms with Crippen LogP contribution in [0.1, 0.15) is 18.2 Å². The van der Waals surface area contributed by atoms with Gasteiger partial charge in [-0.15, -0.1) is 0 Å². The van der Waals surface area contributed by atoms with Gasteiger partial charge >= 0.3 is 0 Å². The van der Waals surface area contributed by atoms with Crippen molar-refractivity contribution < 1.29 is 5.21 Å². The van der Waals surface area contributed by atoms with Crippen LogP contribution in [0.15, 0.2) is 40.3 Å². The summed E-state index contributed by atoms with van der Waals surface area (Å²) in [6.45, 7) is 3.36. The van der Waals surface area contributed by atoms with E-state index < -0.39 is 0 Å². The van der Waals surface area contributed by atoms with Crippen molar-refractivity contribution in [1.29, 1.82) is 0 Å². The Bertz CT molecular complexity index is 608. The Kier molecular flexibility index (Phi) is 2.82. The van der Waals surface area contributed by atoms with Crippen molar-refractivity contribution in [1.82, 2.24) is 9.78 Å². The Morgan fingerprint density at radius 3 is 2.59 bits per heavy atom. The topological polar surface area (TPSA) is 70.4 Å². The van der Waals surface area contributed by atoms with E-state index in [-0.39, 0.29) is 5.56 Å². The average molecular weight is 231 g/mol. The van der Waals surface area contributed by atoms with Gasteiger partial charge in [0.1, 0.15) is 0 Å². The van der Waals surface area contributed by atoms with E-state index in [2.05, 4.69) is 10.3 Å². The summed E-state index contributed by atoms with van der Waals surface area (Å²) in [5.41, 5.74) is 1.91. The van der Waals surface area contributed by atoms with Crippen LogP contribution in [-0.4, -0.2) is 20.7 Å². The molecule has 5 heteroatoms. The van der Waals surface area contributed by atoms with Crippen molar-refractivity contribution in [2.75, 3.05) is 0 Å². The van der Waals surface area contributed by atoms with E-state index in [1.165, 1.54) is 4.68 Å². The van der Waals surface area contributed by atoms with Gasteiger partial charge in [-0.25, -0.2) is 4.68 Å². The van der Waals surface area contributed by atoms with Gasteiger partial charge < -0.3 is 5.21 Å². The molecule has 1 heterocycles. The zero-order chi connectivity index (χ0) is 12.4. The van der Waals surface area contributed by atoms with Gasteiger partial charge in [-0.2, -0.15) is 0 Å². The Hall–Kier alpha value is -2.30. The highest BCUT2D eigenvalue weighted by molar-refractivity contribution is 5.99. The minimum atomic E-state index is -0.219. The van der Waals surface area contributed by atoms with Gasteiger partial charge in [0.05, 0.1) is 17.0 Å². The first kappa shape index (κ1) is 11.2. The number of rotatable bonds is 2. The van der Waals surface area contributed by atoms with Crippen LogP contribution in [0.5, 0.6) is 0 Å². The number of hydrogen-bond donors (Lipinski definition) is 2. The molecule has 0 aliphatic heterocycles. The molecule has 0 fully saturated rings. The van der Waals surface area contributed by atoms with Crippen LogP contribution in [0.2, 0.25) is 0 Å². The van der Waals surface area contributed by atoms with Gasteiger partial charge in [0.2, 0.25) is 0 Å². The fourth-order valence-electron chi connectivity index (χ4n) is 1.78. The van der Waals surface area contributed by atoms with Gasteiger partial charge in [0, 0.05) is 5.69 Å². The third kappa shape index (κ3) is 1.87. The summed E-state index contributed by atoms with van der Waals surface area (Å²) >= 11 is 0. The smallest absolute Gasteiger partial charge is 0.280 e. The standard InChI is InChI=1S/C12H13N3O2/c1-8-11(9(2)14-17)12(16)15(13-8)10-6-4-3-5-7-10/h3-7,13,17H,1-2H3/b14-9+. The molecule has 1 aromatic carbocycles. The van der Waals surface area contributed by atoms with E-state index in [0.29, 0.717) is 17.0 Å². The van der Waals surface area contributed by atoms with Gasteiger partial charge in [-0.05, 0) is 26.0 Å². The Morgan fingerprint density at radius 2 is 2.00 bits per heavy atom. The molecule has 0 amide bonds. The van der Waals surface area contributed by atoms with Crippen LogP contribution in [0, 0.1) is 6.92 Å². The van der Waals surface area contributed by atoms with Crippen molar-refractivity contribution in [3.63, 3.8) is 0 Å². The minimum Gasteiger partial charge on any atom is -0.411 e. The molecule has 2 aromatic rings. The second-order valence-electron chi connectivity index (χ2n) is 3.77. The highest BCUT2D eigenvalue weighted by Crippen LogP contribution is 2.07. The number of benzene rings is 1. The third-order valence-electron chi connectivity index (χ3n) is 2.60. The van der Waals surface area contributed by atoms with Gasteiger partial charge in [-0.3, -0.25) is 9.89 Å². The van der Waals surface area contributed by atoms with Crippen molar-refractivity contribution in [3.05, 3.63) is 51.9 Å². The third-order valence-corrected chi connectivity index (χ3v) is 2.60. The Morgan fingerprint density at radius 1 is 1.35 bits per heavy atom. The number of nitrogens with zero attached hydrogens (tertiary/aromatic N) is 2. The molecule has 0 spiro atoms. The number of aromatic amines is 1. The van der Waals surface area contributed by atoms with Gasteiger partial charge in [0.15, 0.2) is 0 Å². The monoisotopic (exact) mass is 231 g/mol. The Balaban J connectivity index is 2.64. The molecule has 0 saturated carbocycles. The quantitative estimate of drug-likeness (QED) is 0.469. The van der Waals surface area contributed by atoms with Gasteiger partial charge in [0.25, 0.3) is 5.56 Å². The van der Waals surface area contributed by atoms with E-state index >= 15 is 0 Å². The summed E-state index contributed by atoms with van der Waals surface area (Å²) in [5.74, 6) is 0. The van der Waals surface area contributed by atoms with Crippen LogP contribution in [0.25, 0.3) is 5.69 Å². The zero-order valence-electron chi connectivity index (χ0n) is 9.64. The Labute approximate surface area is 98.0 Å². The number of para-hydroxylation sites is 1. The lowest BCUT2D eigenvalue weighted by molar-refractivity contribution is 0.319. The molecule has 0 bridgehead atoms. The highest BCUT2D eigenvalue weighted by Gasteiger charge is 2.14. The molecule has 5 nitrogen and oxygen atoms in total. The predicted molar refractivity (Wildman–Crippen MR) is 65.1 cm³/mol. The molecule has 0 saturated heterocycles. The van der Waals surface area contributed by atoms with Gasteiger partial charge in [-0.1, -0.05) is 23.4 Å². The summed E-state index contributed by atoms with van der Waals surface area (Å²) in [6.07, 6.45) is 0. The number of aryl methyl sites for hydroxylation is 1. The summed E-state index contributed by atoms with van der Waals surface area (Å²) in [5, 5.41) is 14.8. The van der Waals surface area contributed by atoms with Crippen LogP contribution >= 0.6 is 0 Å². The van der Waals surface area contributed by atoms with Crippen LogP contribution in [0.3, 0.4) is 0 Å². The molecule has 1 aromatic heterocycles. The van der Waals surface area contributed by atoms with E-state index in [9.17, 15) is 4.79 Å². The fourth-order valence-corrected chi connectivity index (χ4v) is 1.78. The maximum absolute atomic E-state index is 12.1. The van der Waals surface area contributed by atoms with Crippen molar-refractivity contribution in [2.45, 2.75) is 13.8 Å². The maximum atomic E-state index is 12.1. The van der Waals surface area contributed by atoms with E-state index in [4.69, 9.17) is 5.21 Å². The lowest BCUT2D eigenvalue weighted by Gasteiger charge is -1.99. The average Bonchev–Trinajstić information content (AvgIpc) is 2.65. The maximum Gasteiger partial charge on any atom is 0.280 e. The first-order chi connectivity index (χ1) is 8.15. The second kappa shape index (κ2) is 4.29. The number of hydrogen-bond acceptors (Lipinski definition) is 3. The molecule has 17 heavy (non-hydrogen) atoms. The lowest BCUT2D eigenvalue weighted by Crippen LogP contribution is -2.19. The highest BCUT2D eigenvalue weighted by atomic mass is 16.4. The molecule has 0 atom stereocenters. The molecule has 0 aliphatic rings. The molecule has 0 aliphatic carbocycles. The molecule has 88 valence electrons. The van der Waals surface area contributed by atoms with E-state index in [1.807, 2.05) is 30.3 Å². The SMILES string of the molecule is C/C(=N\O)c1c(C)[nH]n(-c2ccccc2)c1=O. The van der Waals surface area contributed by atoms with E-state index in [0.717, 1.165) is 5.69 Å². The molecule has 2 rings (SSSR count). The zero-order valence-corrected chi connectivity index (χ0v) is 9.64. The first-order valence-corrected chi connectivity index (χ1v) is 5.21. The molecular formula is C12H13N3O2. The number of nitrogens with one attached hydrogen (secondary N) is 1. The summed E-state index contributed by atoms with van der Waals surface area (Å²) in [4.78, 5) is 12.1. The molecule has 0 radical (unpaired) electrons. The first-order valence-electron chi connectivity index (χ1n) is 5.21. The molecule has 0 unspecified atom stereocenters. The normalized spacial score (nSPS) is 11.8. The second-order valence-corrected chi connectivity index (χ2v) is 3.77. The fraction of sp³-hybridized carbons (Fsp3) is 0.167. The molecule has 2 N–H and O–H groups in total. The number of oxime groups is 1. The van der Waals surface area contributed by atoms with Crippen LogP contribution in [0.4, 0.5) is 0 Å². The minimum absolute atomic E-state index is 0.219. The van der Waals surface area contributed by atoms with Crippen LogP contribution < -0.4 is 5.56 Å². The summed E-state index contributed by atoms with van der Waals surface area (Å²) < 4.78 is 1.43. The summed E-state index contributed by atoms with van der Waals surface area (Å²) in [7, 11) is 0. The summed E-state index contributed by atoms with van der Waals surface area (Å²) in [6, 6.07) is 9.24. The van der Waals surface area contributed by atoms with Crippen molar-refractivity contribution >= 4 is 5.71 Å². The number of aromatic nitrogens is 2. The van der Waals surface area contributed by atoms with Crippen LogP contribution in [-0.2, 0) is 0 Å². The van der Waals surface area contributed by atoms with Crippen molar-refractivity contribution in [2.24, 2.45) is 5.16 Å². The van der Waals surface area contributed by atoms with E-state index in [1.54, 1.807) is 13.8 Å².